The molecule has 1 aliphatic heterocycles. The molecule has 1 atom stereocenters. The number of carbonyl (C=O) groups is 1. The summed E-state index contributed by atoms with van der Waals surface area (Å²) in [6.07, 6.45) is 4.31. The third kappa shape index (κ3) is 3.28. The van der Waals surface area contributed by atoms with E-state index in [4.69, 9.17) is 10.2 Å². The molecule has 1 aromatic carbocycles. The molecule has 9 nitrogen and oxygen atoms in total. The van der Waals surface area contributed by atoms with Crippen molar-refractivity contribution in [1.82, 2.24) is 29.6 Å². The number of fused-ring (bicyclic) bond motifs is 2. The maximum absolute atomic E-state index is 14.3. The number of likely N-dealkylation sites (tertiary alicyclic amines) is 1. The van der Waals surface area contributed by atoms with E-state index in [0.29, 0.717) is 59.3 Å². The van der Waals surface area contributed by atoms with E-state index < -0.39 is 5.67 Å². The molecule has 10 heteroatoms. The molecule has 170 valence electrons. The van der Waals surface area contributed by atoms with Gasteiger partial charge in [-0.05, 0) is 49.5 Å². The van der Waals surface area contributed by atoms with E-state index in [2.05, 4.69) is 38.5 Å². The second-order valence-corrected chi connectivity index (χ2v) is 8.60. The molecule has 1 saturated carbocycles. The van der Waals surface area contributed by atoms with Crippen molar-refractivity contribution in [2.24, 2.45) is 0 Å². The highest BCUT2D eigenvalue weighted by molar-refractivity contribution is 5.91. The third-order valence-electron chi connectivity index (χ3n) is 6.30. The van der Waals surface area contributed by atoms with E-state index in [1.54, 1.807) is 27.8 Å². The van der Waals surface area contributed by atoms with Crippen LogP contribution < -0.4 is 5.73 Å². The number of hydrogen-bond acceptors (Lipinski definition) is 7. The fourth-order valence-corrected chi connectivity index (χ4v) is 4.26. The maximum atomic E-state index is 14.3. The molecule has 2 aliphatic rings. The molecule has 0 radical (unpaired) electrons. The van der Waals surface area contributed by atoms with Gasteiger partial charge in [-0.1, -0.05) is 12.5 Å². The highest BCUT2D eigenvalue weighted by Crippen LogP contribution is 2.49. The van der Waals surface area contributed by atoms with Gasteiger partial charge in [-0.2, -0.15) is 5.10 Å². The van der Waals surface area contributed by atoms with Gasteiger partial charge in [0, 0.05) is 18.7 Å². The predicted octanol–water partition coefficient (Wildman–Crippen LogP) is 2.87. The fourth-order valence-electron chi connectivity index (χ4n) is 4.26. The highest BCUT2D eigenvalue weighted by Gasteiger charge is 2.49. The van der Waals surface area contributed by atoms with Crippen LogP contribution in [0.2, 0.25) is 0 Å². The molecule has 0 bridgehead atoms. The van der Waals surface area contributed by atoms with Gasteiger partial charge in [-0.25, -0.2) is 24.0 Å². The predicted molar refractivity (Wildman–Crippen MR) is 122 cm³/mol. The van der Waals surface area contributed by atoms with Gasteiger partial charge in [0.25, 0.3) is 0 Å². The Hall–Kier alpha value is -4.26. The SMILES string of the molecule is C=CC(=O)N1CC[C@H](n2nc(C#Cc3ccc4oc(C5(F)CC5)nc4c3)c3c(N)ncnc32)C1. The first kappa shape index (κ1) is 20.4. The molecule has 4 heterocycles. The van der Waals surface area contributed by atoms with Gasteiger partial charge in [0.15, 0.2) is 16.9 Å². The molecule has 4 aromatic rings. The van der Waals surface area contributed by atoms with Crippen LogP contribution in [0.5, 0.6) is 0 Å². The Labute approximate surface area is 193 Å². The summed E-state index contributed by atoms with van der Waals surface area (Å²) >= 11 is 0. The molecule has 0 unspecified atom stereocenters. The van der Waals surface area contributed by atoms with Crippen LogP contribution in [0.15, 0.2) is 41.6 Å². The van der Waals surface area contributed by atoms with Crippen molar-refractivity contribution in [3.8, 4) is 11.8 Å². The number of nitrogen functional groups attached to an aromatic ring is 1. The monoisotopic (exact) mass is 457 g/mol. The summed E-state index contributed by atoms with van der Waals surface area (Å²) in [5.74, 6) is 6.46. The lowest BCUT2D eigenvalue weighted by Gasteiger charge is -2.14. The Balaban J connectivity index is 1.36. The minimum atomic E-state index is -1.43. The number of carbonyl (C=O) groups excluding carboxylic acids is 1. The van der Waals surface area contributed by atoms with E-state index in [1.165, 1.54) is 12.4 Å². The first-order valence-corrected chi connectivity index (χ1v) is 11.0. The second-order valence-electron chi connectivity index (χ2n) is 8.60. The lowest BCUT2D eigenvalue weighted by molar-refractivity contribution is -0.125. The van der Waals surface area contributed by atoms with E-state index in [1.807, 2.05) is 0 Å². The first-order valence-electron chi connectivity index (χ1n) is 11.0. The number of oxazole rings is 1. The van der Waals surface area contributed by atoms with Crippen molar-refractivity contribution in [1.29, 1.82) is 0 Å². The summed E-state index contributed by atoms with van der Waals surface area (Å²) in [5, 5.41) is 5.26. The van der Waals surface area contributed by atoms with Gasteiger partial charge in [0.2, 0.25) is 11.8 Å². The zero-order chi connectivity index (χ0) is 23.4. The van der Waals surface area contributed by atoms with Gasteiger partial charge in [0.1, 0.15) is 23.4 Å². The van der Waals surface area contributed by atoms with E-state index in [9.17, 15) is 9.18 Å². The number of aromatic nitrogens is 5. The Morgan fingerprint density at radius 3 is 2.97 bits per heavy atom. The van der Waals surface area contributed by atoms with Crippen LogP contribution in [0.4, 0.5) is 10.2 Å². The zero-order valence-electron chi connectivity index (χ0n) is 18.2. The molecule has 34 heavy (non-hydrogen) atoms. The smallest absolute Gasteiger partial charge is 0.246 e. The molecule has 1 amide bonds. The maximum Gasteiger partial charge on any atom is 0.246 e. The number of amides is 1. The van der Waals surface area contributed by atoms with Crippen LogP contribution in [-0.4, -0.2) is 48.6 Å². The van der Waals surface area contributed by atoms with Crippen LogP contribution in [0.25, 0.3) is 22.1 Å². The number of anilines is 1. The van der Waals surface area contributed by atoms with Gasteiger partial charge in [-0.3, -0.25) is 4.79 Å². The number of nitrogens with zero attached hydrogens (tertiary/aromatic N) is 6. The van der Waals surface area contributed by atoms with Gasteiger partial charge in [-0.15, -0.1) is 0 Å². The van der Waals surface area contributed by atoms with Gasteiger partial charge < -0.3 is 15.1 Å². The molecular formula is C24H20FN7O2. The van der Waals surface area contributed by atoms with Crippen LogP contribution >= 0.6 is 0 Å². The third-order valence-corrected chi connectivity index (χ3v) is 6.30. The quantitative estimate of drug-likeness (QED) is 0.371. The molecule has 3 aromatic heterocycles. The molecule has 2 fully saturated rings. The van der Waals surface area contributed by atoms with Gasteiger partial charge in [0.05, 0.1) is 11.4 Å². The first-order chi connectivity index (χ1) is 16.4. The number of alkyl halides is 1. The Kier molecular flexibility index (Phi) is 4.42. The second kappa shape index (κ2) is 7.38. The normalized spacial score (nSPS) is 18.7. The summed E-state index contributed by atoms with van der Waals surface area (Å²) in [6, 6.07) is 5.23. The lowest BCUT2D eigenvalue weighted by atomic mass is 10.2. The van der Waals surface area contributed by atoms with Crippen molar-refractivity contribution in [3.05, 3.63) is 54.3 Å². The fraction of sp³-hybridized carbons (Fsp3) is 0.292. The molecule has 2 N–H and O–H groups in total. The van der Waals surface area contributed by atoms with Crippen molar-refractivity contribution >= 4 is 33.9 Å². The molecular weight excluding hydrogens is 437 g/mol. The summed E-state index contributed by atoms with van der Waals surface area (Å²) < 4.78 is 21.6. The lowest BCUT2D eigenvalue weighted by Crippen LogP contribution is -2.27. The van der Waals surface area contributed by atoms with Crippen molar-refractivity contribution in [2.45, 2.75) is 31.0 Å². The number of halogens is 1. The minimum absolute atomic E-state index is 0.0587. The van der Waals surface area contributed by atoms with Crippen LogP contribution in [0.1, 0.15) is 42.5 Å². The van der Waals surface area contributed by atoms with Gasteiger partial charge >= 0.3 is 0 Å². The summed E-state index contributed by atoms with van der Waals surface area (Å²) in [7, 11) is 0. The topological polar surface area (TPSA) is 116 Å². The summed E-state index contributed by atoms with van der Waals surface area (Å²) in [5.41, 5.74) is 7.50. The largest absolute Gasteiger partial charge is 0.437 e. The van der Waals surface area contributed by atoms with Crippen molar-refractivity contribution in [3.63, 3.8) is 0 Å². The Morgan fingerprint density at radius 2 is 2.18 bits per heavy atom. The molecule has 1 saturated heterocycles. The minimum Gasteiger partial charge on any atom is -0.437 e. The standard InChI is InChI=1S/C24H20FN7O2/c1-2-19(33)31-10-7-15(12-31)32-22-20(21(26)27-13-28-22)16(30-32)5-3-14-4-6-18-17(11-14)29-23(34-18)24(25)8-9-24/h2,4,6,11,13,15H,1,7-10,12H2,(H2,26,27,28)/t15-/m0/s1. The zero-order valence-corrected chi connectivity index (χ0v) is 18.2. The Morgan fingerprint density at radius 1 is 1.32 bits per heavy atom. The average Bonchev–Trinajstić information content (AvgIpc) is 3.23. The molecule has 6 rings (SSSR count). The highest BCUT2D eigenvalue weighted by atomic mass is 19.1. The summed E-state index contributed by atoms with van der Waals surface area (Å²) in [4.78, 5) is 26.5. The number of benzene rings is 1. The Bertz CT molecular complexity index is 1540. The van der Waals surface area contributed by atoms with Crippen LogP contribution in [0.3, 0.4) is 0 Å². The number of nitrogens with two attached hydrogens (primary N) is 1. The summed E-state index contributed by atoms with van der Waals surface area (Å²) in [6.45, 7) is 4.67. The van der Waals surface area contributed by atoms with Crippen molar-refractivity contribution < 1.29 is 13.6 Å². The van der Waals surface area contributed by atoms with Crippen LogP contribution in [-0.2, 0) is 10.5 Å². The van der Waals surface area contributed by atoms with E-state index in [-0.39, 0.29) is 23.7 Å². The average molecular weight is 457 g/mol. The van der Waals surface area contributed by atoms with E-state index in [0.717, 1.165) is 6.42 Å². The molecule has 1 aliphatic carbocycles. The molecule has 0 spiro atoms. The van der Waals surface area contributed by atoms with Crippen molar-refractivity contribution in [2.75, 3.05) is 18.8 Å². The number of hydrogen-bond donors (Lipinski definition) is 1. The number of rotatable bonds is 3. The van der Waals surface area contributed by atoms with E-state index >= 15 is 0 Å². The van der Waals surface area contributed by atoms with Crippen LogP contribution in [0, 0.1) is 11.8 Å².